The van der Waals surface area contributed by atoms with Crippen molar-refractivity contribution in [3.05, 3.63) is 59.3 Å². The molecule has 0 atom stereocenters. The van der Waals surface area contributed by atoms with E-state index in [2.05, 4.69) is 29.4 Å². The summed E-state index contributed by atoms with van der Waals surface area (Å²) in [4.78, 5) is 16.7. The lowest BCUT2D eigenvalue weighted by atomic mass is 10.1. The van der Waals surface area contributed by atoms with Crippen LogP contribution in [0.2, 0.25) is 0 Å². The first-order valence-corrected chi connectivity index (χ1v) is 8.94. The standard InChI is InChI=1S/C21H27N3O2/c1-4-5-6-7-8-12-26-18-11-9-10-17(14-18)24-21(25)19-13-15(2)16(3)23-20(19)22/h6-7,9-11,13-14H,4-5,8,12H2,1-3H3,(H2,22,23)(H,24,25). The number of nitrogens with zero attached hydrogens (tertiary/aromatic N) is 1. The summed E-state index contributed by atoms with van der Waals surface area (Å²) in [5, 5.41) is 2.85. The van der Waals surface area contributed by atoms with Crippen LogP contribution in [0.25, 0.3) is 0 Å². The van der Waals surface area contributed by atoms with Crippen LogP contribution in [0.5, 0.6) is 5.75 Å². The number of nitrogens with two attached hydrogens (primary N) is 1. The molecule has 1 amide bonds. The number of benzene rings is 1. The van der Waals surface area contributed by atoms with Gasteiger partial charge in [-0.25, -0.2) is 4.98 Å². The largest absolute Gasteiger partial charge is 0.493 e. The van der Waals surface area contributed by atoms with Gasteiger partial charge >= 0.3 is 0 Å². The Labute approximate surface area is 155 Å². The van der Waals surface area contributed by atoms with E-state index >= 15 is 0 Å². The van der Waals surface area contributed by atoms with Crippen LogP contribution in [-0.2, 0) is 0 Å². The molecule has 0 aliphatic carbocycles. The second kappa shape index (κ2) is 9.61. The summed E-state index contributed by atoms with van der Waals surface area (Å²) < 4.78 is 5.73. The Kier molecular flexibility index (Phi) is 7.21. The van der Waals surface area contributed by atoms with E-state index in [1.807, 2.05) is 32.0 Å². The number of hydrogen-bond donors (Lipinski definition) is 2. The number of aryl methyl sites for hydroxylation is 2. The normalized spacial score (nSPS) is 10.9. The highest BCUT2D eigenvalue weighted by Gasteiger charge is 2.13. The van der Waals surface area contributed by atoms with E-state index in [0.29, 0.717) is 17.9 Å². The van der Waals surface area contributed by atoms with E-state index in [9.17, 15) is 4.79 Å². The van der Waals surface area contributed by atoms with Crippen LogP contribution in [0.3, 0.4) is 0 Å². The SMILES string of the molecule is CCCC=CCCOc1cccc(NC(=O)c2cc(C)c(C)nc2N)c1. The van der Waals surface area contributed by atoms with Crippen molar-refractivity contribution in [2.24, 2.45) is 0 Å². The number of rotatable bonds is 8. The van der Waals surface area contributed by atoms with Gasteiger partial charge in [-0.1, -0.05) is 31.6 Å². The number of nitrogens with one attached hydrogen (secondary N) is 1. The fourth-order valence-corrected chi connectivity index (χ4v) is 2.42. The van der Waals surface area contributed by atoms with E-state index in [1.54, 1.807) is 12.1 Å². The molecule has 5 heteroatoms. The number of aromatic nitrogens is 1. The van der Waals surface area contributed by atoms with Gasteiger partial charge in [-0.05, 0) is 50.5 Å². The Morgan fingerprint density at radius 2 is 2.00 bits per heavy atom. The van der Waals surface area contributed by atoms with Crippen LogP contribution in [0.4, 0.5) is 11.5 Å². The predicted molar refractivity (Wildman–Crippen MR) is 107 cm³/mol. The third-order valence-corrected chi connectivity index (χ3v) is 4.01. The van der Waals surface area contributed by atoms with Gasteiger partial charge in [0, 0.05) is 17.4 Å². The molecule has 0 saturated carbocycles. The molecule has 0 spiro atoms. The summed E-state index contributed by atoms with van der Waals surface area (Å²) in [5.41, 5.74) is 8.67. The number of amides is 1. The molecule has 5 nitrogen and oxygen atoms in total. The number of carbonyl (C=O) groups excluding carboxylic acids is 1. The first-order chi connectivity index (χ1) is 12.5. The van der Waals surface area contributed by atoms with Crippen LogP contribution < -0.4 is 15.8 Å². The molecule has 138 valence electrons. The lowest BCUT2D eigenvalue weighted by Crippen LogP contribution is -2.16. The van der Waals surface area contributed by atoms with Crippen LogP contribution in [0, 0.1) is 13.8 Å². The molecule has 1 heterocycles. The fourth-order valence-electron chi connectivity index (χ4n) is 2.42. The third-order valence-electron chi connectivity index (χ3n) is 4.01. The average Bonchev–Trinajstić information content (AvgIpc) is 2.61. The number of allylic oxidation sites excluding steroid dienone is 1. The minimum atomic E-state index is -0.280. The summed E-state index contributed by atoms with van der Waals surface area (Å²) in [7, 11) is 0. The van der Waals surface area contributed by atoms with Gasteiger partial charge < -0.3 is 15.8 Å². The van der Waals surface area contributed by atoms with Gasteiger partial charge in [-0.2, -0.15) is 0 Å². The molecule has 0 unspecified atom stereocenters. The molecule has 0 radical (unpaired) electrons. The first kappa shape index (κ1) is 19.5. The lowest BCUT2D eigenvalue weighted by molar-refractivity contribution is 0.102. The minimum absolute atomic E-state index is 0.233. The zero-order chi connectivity index (χ0) is 18.9. The second-order valence-corrected chi connectivity index (χ2v) is 6.20. The monoisotopic (exact) mass is 353 g/mol. The molecule has 0 aliphatic rings. The molecule has 0 bridgehead atoms. The number of nitrogen functional groups attached to an aromatic ring is 1. The molecule has 1 aromatic carbocycles. The Hall–Kier alpha value is -2.82. The predicted octanol–water partition coefficient (Wildman–Crippen LogP) is 4.66. The van der Waals surface area contributed by atoms with Crippen molar-refractivity contribution in [2.75, 3.05) is 17.7 Å². The number of carbonyl (C=O) groups is 1. The van der Waals surface area contributed by atoms with Crippen molar-refractivity contribution in [3.63, 3.8) is 0 Å². The van der Waals surface area contributed by atoms with Crippen LogP contribution in [-0.4, -0.2) is 17.5 Å². The highest BCUT2D eigenvalue weighted by molar-refractivity contribution is 6.07. The maximum Gasteiger partial charge on any atom is 0.259 e. The third kappa shape index (κ3) is 5.62. The van der Waals surface area contributed by atoms with Gasteiger partial charge in [0.15, 0.2) is 0 Å². The zero-order valence-electron chi connectivity index (χ0n) is 15.7. The maximum atomic E-state index is 12.5. The minimum Gasteiger partial charge on any atom is -0.493 e. The average molecular weight is 353 g/mol. The van der Waals surface area contributed by atoms with Crippen LogP contribution in [0.1, 0.15) is 47.8 Å². The lowest BCUT2D eigenvalue weighted by Gasteiger charge is -2.11. The van der Waals surface area contributed by atoms with Gasteiger partial charge in [0.2, 0.25) is 0 Å². The van der Waals surface area contributed by atoms with E-state index in [1.165, 1.54) is 0 Å². The number of pyridine rings is 1. The molecular formula is C21H27N3O2. The highest BCUT2D eigenvalue weighted by Crippen LogP contribution is 2.20. The number of anilines is 2. The Bertz CT molecular complexity index is 785. The number of ether oxygens (including phenoxy) is 1. The molecule has 1 aromatic heterocycles. The Balaban J connectivity index is 1.97. The summed E-state index contributed by atoms with van der Waals surface area (Å²) >= 11 is 0. The van der Waals surface area contributed by atoms with E-state index in [0.717, 1.165) is 36.3 Å². The Morgan fingerprint density at radius 3 is 2.77 bits per heavy atom. The molecular weight excluding hydrogens is 326 g/mol. The van der Waals surface area contributed by atoms with Crippen molar-refractivity contribution in [3.8, 4) is 5.75 Å². The topological polar surface area (TPSA) is 77.2 Å². The smallest absolute Gasteiger partial charge is 0.259 e. The summed E-state index contributed by atoms with van der Waals surface area (Å²) in [6.45, 7) is 6.53. The zero-order valence-corrected chi connectivity index (χ0v) is 15.7. The van der Waals surface area contributed by atoms with Gasteiger partial charge in [0.05, 0.1) is 12.2 Å². The number of hydrogen-bond acceptors (Lipinski definition) is 4. The van der Waals surface area contributed by atoms with E-state index in [4.69, 9.17) is 10.5 Å². The fraction of sp³-hybridized carbons (Fsp3) is 0.333. The van der Waals surface area contributed by atoms with Crippen molar-refractivity contribution >= 4 is 17.4 Å². The molecule has 2 rings (SSSR count). The Morgan fingerprint density at radius 1 is 1.23 bits per heavy atom. The van der Waals surface area contributed by atoms with Gasteiger partial charge in [0.1, 0.15) is 11.6 Å². The second-order valence-electron chi connectivity index (χ2n) is 6.20. The highest BCUT2D eigenvalue weighted by atomic mass is 16.5. The van der Waals surface area contributed by atoms with Gasteiger partial charge in [-0.3, -0.25) is 4.79 Å². The quantitative estimate of drug-likeness (QED) is 0.534. The molecule has 0 aliphatic heterocycles. The van der Waals surface area contributed by atoms with Gasteiger partial charge in [0.25, 0.3) is 5.91 Å². The molecule has 0 saturated heterocycles. The summed E-state index contributed by atoms with van der Waals surface area (Å²) in [6.07, 6.45) is 7.41. The van der Waals surface area contributed by atoms with Crippen LogP contribution >= 0.6 is 0 Å². The van der Waals surface area contributed by atoms with E-state index in [-0.39, 0.29) is 11.7 Å². The first-order valence-electron chi connectivity index (χ1n) is 8.94. The van der Waals surface area contributed by atoms with Crippen LogP contribution in [0.15, 0.2) is 42.5 Å². The summed E-state index contributed by atoms with van der Waals surface area (Å²) in [6, 6.07) is 9.10. The molecule has 3 N–H and O–H groups in total. The van der Waals surface area contributed by atoms with Crippen molar-refractivity contribution in [2.45, 2.75) is 40.0 Å². The van der Waals surface area contributed by atoms with Crippen molar-refractivity contribution in [1.82, 2.24) is 4.98 Å². The van der Waals surface area contributed by atoms with Crippen molar-refractivity contribution < 1.29 is 9.53 Å². The van der Waals surface area contributed by atoms with E-state index < -0.39 is 0 Å². The van der Waals surface area contributed by atoms with Gasteiger partial charge in [-0.15, -0.1) is 0 Å². The molecule has 26 heavy (non-hydrogen) atoms. The molecule has 0 fully saturated rings. The molecule has 2 aromatic rings. The number of unbranched alkanes of at least 4 members (excludes halogenated alkanes) is 1. The summed E-state index contributed by atoms with van der Waals surface area (Å²) in [5.74, 6) is 0.674. The van der Waals surface area contributed by atoms with Crippen molar-refractivity contribution in [1.29, 1.82) is 0 Å². The maximum absolute atomic E-state index is 12.5.